The molecule has 0 atom stereocenters. The van der Waals surface area contributed by atoms with Crippen LogP contribution in [0.25, 0.3) is 0 Å². The van der Waals surface area contributed by atoms with Crippen molar-refractivity contribution < 1.29 is 22.6 Å². The standard InChI is InChI=1S/C19H23F3N4O2.HI/c1-3-27-17-15(5-4-10-24-17)12-26-18(23-2)25-11-14-6-8-16(9-7-14)28-13-19(20,21)22;/h4-10H,3,11-13H2,1-2H3,(H2,23,25,26);1H. The number of nitrogens with zero attached hydrogens (tertiary/aromatic N) is 2. The van der Waals surface area contributed by atoms with E-state index < -0.39 is 12.8 Å². The summed E-state index contributed by atoms with van der Waals surface area (Å²) in [5, 5.41) is 6.31. The van der Waals surface area contributed by atoms with Gasteiger partial charge in [-0.25, -0.2) is 4.98 Å². The molecule has 0 aliphatic carbocycles. The molecule has 0 saturated carbocycles. The van der Waals surface area contributed by atoms with Crippen molar-refractivity contribution in [3.05, 3.63) is 53.7 Å². The monoisotopic (exact) mass is 524 g/mol. The van der Waals surface area contributed by atoms with E-state index in [4.69, 9.17) is 9.47 Å². The van der Waals surface area contributed by atoms with Crippen LogP contribution in [0.15, 0.2) is 47.6 Å². The van der Waals surface area contributed by atoms with Gasteiger partial charge in [0, 0.05) is 31.9 Å². The Morgan fingerprint density at radius 3 is 2.38 bits per heavy atom. The third kappa shape index (κ3) is 9.20. The highest BCUT2D eigenvalue weighted by Crippen LogP contribution is 2.19. The van der Waals surface area contributed by atoms with Crippen molar-refractivity contribution in [1.82, 2.24) is 15.6 Å². The fourth-order valence-corrected chi connectivity index (χ4v) is 2.28. The van der Waals surface area contributed by atoms with Crippen LogP contribution in [-0.4, -0.2) is 37.4 Å². The molecule has 2 aromatic rings. The van der Waals surface area contributed by atoms with Gasteiger partial charge in [0.15, 0.2) is 12.6 Å². The van der Waals surface area contributed by atoms with Gasteiger partial charge in [0.2, 0.25) is 5.88 Å². The van der Waals surface area contributed by atoms with Crippen LogP contribution >= 0.6 is 24.0 Å². The Morgan fingerprint density at radius 1 is 1.07 bits per heavy atom. The number of guanidine groups is 1. The van der Waals surface area contributed by atoms with Gasteiger partial charge in [0.05, 0.1) is 6.61 Å². The average Bonchev–Trinajstić information content (AvgIpc) is 2.68. The topological polar surface area (TPSA) is 67.8 Å². The third-order valence-corrected chi connectivity index (χ3v) is 3.59. The van der Waals surface area contributed by atoms with Gasteiger partial charge in [-0.15, -0.1) is 24.0 Å². The van der Waals surface area contributed by atoms with E-state index in [0.717, 1.165) is 11.1 Å². The summed E-state index contributed by atoms with van der Waals surface area (Å²) in [6, 6.07) is 10.1. The van der Waals surface area contributed by atoms with Gasteiger partial charge >= 0.3 is 6.18 Å². The molecule has 0 aliphatic rings. The summed E-state index contributed by atoms with van der Waals surface area (Å²) in [6.45, 7) is 2.04. The molecule has 0 bridgehead atoms. The van der Waals surface area contributed by atoms with Crippen molar-refractivity contribution >= 4 is 29.9 Å². The van der Waals surface area contributed by atoms with Crippen LogP contribution in [0.4, 0.5) is 13.2 Å². The zero-order valence-electron chi connectivity index (χ0n) is 16.1. The minimum absolute atomic E-state index is 0. The number of rotatable bonds is 8. The van der Waals surface area contributed by atoms with Crippen LogP contribution in [0, 0.1) is 0 Å². The normalized spacial score (nSPS) is 11.4. The SMILES string of the molecule is CCOc1ncccc1CNC(=NC)NCc1ccc(OCC(F)(F)F)cc1.I. The lowest BCUT2D eigenvalue weighted by molar-refractivity contribution is -0.153. The third-order valence-electron chi connectivity index (χ3n) is 3.59. The molecule has 0 radical (unpaired) electrons. The second-order valence-electron chi connectivity index (χ2n) is 5.73. The summed E-state index contributed by atoms with van der Waals surface area (Å²) >= 11 is 0. The predicted octanol–water partition coefficient (Wildman–Crippen LogP) is 3.90. The molecule has 0 amide bonds. The Labute approximate surface area is 184 Å². The van der Waals surface area contributed by atoms with Crippen molar-refractivity contribution in [1.29, 1.82) is 0 Å². The second kappa shape index (κ2) is 12.3. The van der Waals surface area contributed by atoms with Crippen LogP contribution in [0.1, 0.15) is 18.1 Å². The fourth-order valence-electron chi connectivity index (χ4n) is 2.28. The summed E-state index contributed by atoms with van der Waals surface area (Å²) in [5.74, 6) is 1.31. The maximum atomic E-state index is 12.2. The van der Waals surface area contributed by atoms with Crippen LogP contribution in [0.2, 0.25) is 0 Å². The van der Waals surface area contributed by atoms with Gasteiger partial charge < -0.3 is 20.1 Å². The number of halogens is 4. The Morgan fingerprint density at radius 2 is 1.76 bits per heavy atom. The van der Waals surface area contributed by atoms with Crippen molar-refractivity contribution in [2.45, 2.75) is 26.2 Å². The number of alkyl halides is 3. The quantitative estimate of drug-likeness (QED) is 0.312. The molecule has 0 saturated heterocycles. The van der Waals surface area contributed by atoms with E-state index >= 15 is 0 Å². The Balaban J connectivity index is 0.00000420. The van der Waals surface area contributed by atoms with Gasteiger partial charge in [-0.1, -0.05) is 18.2 Å². The Kier molecular flexibility index (Phi) is 10.6. The van der Waals surface area contributed by atoms with Crippen LogP contribution < -0.4 is 20.1 Å². The molecule has 160 valence electrons. The van der Waals surface area contributed by atoms with Gasteiger partial charge in [0.1, 0.15) is 5.75 Å². The fraction of sp³-hybridized carbons (Fsp3) is 0.368. The maximum Gasteiger partial charge on any atom is 0.422 e. The number of aliphatic imine (C=N–C) groups is 1. The zero-order chi connectivity index (χ0) is 20.4. The zero-order valence-corrected chi connectivity index (χ0v) is 18.5. The average molecular weight is 524 g/mol. The van der Waals surface area contributed by atoms with E-state index in [0.29, 0.717) is 31.5 Å². The maximum absolute atomic E-state index is 12.2. The first-order chi connectivity index (χ1) is 13.4. The van der Waals surface area contributed by atoms with Gasteiger partial charge in [-0.2, -0.15) is 13.2 Å². The number of hydrogen-bond donors (Lipinski definition) is 2. The van der Waals surface area contributed by atoms with E-state index in [9.17, 15) is 13.2 Å². The first kappa shape index (κ1) is 24.8. The number of aromatic nitrogens is 1. The Bertz CT molecular complexity index is 771. The molecular formula is C19H24F3IN4O2. The van der Waals surface area contributed by atoms with Crippen molar-refractivity contribution in [2.24, 2.45) is 4.99 Å². The lowest BCUT2D eigenvalue weighted by atomic mass is 10.2. The summed E-state index contributed by atoms with van der Waals surface area (Å²) in [5.41, 5.74) is 1.78. The molecule has 0 aliphatic heterocycles. The number of ether oxygens (including phenoxy) is 2. The molecule has 29 heavy (non-hydrogen) atoms. The second-order valence-corrected chi connectivity index (χ2v) is 5.73. The predicted molar refractivity (Wildman–Crippen MR) is 116 cm³/mol. The number of hydrogen-bond acceptors (Lipinski definition) is 4. The molecular weight excluding hydrogens is 500 g/mol. The number of nitrogens with one attached hydrogen (secondary N) is 2. The summed E-state index contributed by atoms with van der Waals surface area (Å²) in [7, 11) is 1.65. The molecule has 0 spiro atoms. The van der Waals surface area contributed by atoms with Crippen molar-refractivity contribution in [3.63, 3.8) is 0 Å². The van der Waals surface area contributed by atoms with E-state index in [1.165, 1.54) is 12.1 Å². The van der Waals surface area contributed by atoms with E-state index in [1.54, 1.807) is 25.4 Å². The number of pyridine rings is 1. The Hall–Kier alpha value is -2.24. The molecule has 1 aromatic heterocycles. The highest BCUT2D eigenvalue weighted by molar-refractivity contribution is 14.0. The molecule has 2 rings (SSSR count). The van der Waals surface area contributed by atoms with E-state index in [1.807, 2.05) is 19.1 Å². The van der Waals surface area contributed by atoms with E-state index in [2.05, 4.69) is 20.6 Å². The molecule has 0 unspecified atom stereocenters. The molecule has 1 aromatic carbocycles. The highest BCUT2D eigenvalue weighted by Gasteiger charge is 2.28. The first-order valence-corrected chi connectivity index (χ1v) is 8.71. The summed E-state index contributed by atoms with van der Waals surface area (Å²) < 4.78 is 46.7. The summed E-state index contributed by atoms with van der Waals surface area (Å²) in [6.07, 6.45) is -2.68. The molecule has 10 heteroatoms. The smallest absolute Gasteiger partial charge is 0.422 e. The minimum atomic E-state index is -4.35. The molecule has 0 fully saturated rings. The highest BCUT2D eigenvalue weighted by atomic mass is 127. The molecule has 1 heterocycles. The van der Waals surface area contributed by atoms with Crippen LogP contribution in [0.5, 0.6) is 11.6 Å². The minimum Gasteiger partial charge on any atom is -0.484 e. The van der Waals surface area contributed by atoms with Gasteiger partial charge in [-0.05, 0) is 30.7 Å². The lowest BCUT2D eigenvalue weighted by Gasteiger charge is -2.14. The van der Waals surface area contributed by atoms with Crippen molar-refractivity contribution in [3.8, 4) is 11.6 Å². The molecule has 2 N–H and O–H groups in total. The van der Waals surface area contributed by atoms with Crippen LogP contribution in [0.3, 0.4) is 0 Å². The largest absolute Gasteiger partial charge is 0.484 e. The van der Waals surface area contributed by atoms with E-state index in [-0.39, 0.29) is 29.7 Å². The van der Waals surface area contributed by atoms with Crippen molar-refractivity contribution in [2.75, 3.05) is 20.3 Å². The van der Waals surface area contributed by atoms with Crippen LogP contribution in [-0.2, 0) is 13.1 Å². The summed E-state index contributed by atoms with van der Waals surface area (Å²) in [4.78, 5) is 8.35. The van der Waals surface area contributed by atoms with Gasteiger partial charge in [-0.3, -0.25) is 4.99 Å². The first-order valence-electron chi connectivity index (χ1n) is 8.71. The lowest BCUT2D eigenvalue weighted by Crippen LogP contribution is -2.36. The molecule has 6 nitrogen and oxygen atoms in total. The van der Waals surface area contributed by atoms with Gasteiger partial charge in [0.25, 0.3) is 0 Å². The number of benzene rings is 1.